The summed E-state index contributed by atoms with van der Waals surface area (Å²) in [5, 5.41) is 2.39. The normalized spacial score (nSPS) is 11.6. The number of hydrogen-bond acceptors (Lipinski definition) is 5. The Labute approximate surface area is 132 Å². The third kappa shape index (κ3) is 6.05. The van der Waals surface area contributed by atoms with Crippen molar-refractivity contribution in [2.45, 2.75) is 45.8 Å². The molecule has 0 aliphatic heterocycles. The molecule has 1 heterocycles. The number of aromatic nitrogens is 1. The fourth-order valence-electron chi connectivity index (χ4n) is 1.39. The summed E-state index contributed by atoms with van der Waals surface area (Å²) in [5.41, 5.74) is 2.35. The van der Waals surface area contributed by atoms with E-state index in [1.807, 2.05) is 0 Å². The van der Waals surface area contributed by atoms with E-state index in [-0.39, 0.29) is 5.82 Å². The molecule has 1 aromatic rings. The molecule has 0 radical (unpaired) electrons. The molecule has 0 bridgehead atoms. The van der Waals surface area contributed by atoms with Gasteiger partial charge in [-0.05, 0) is 34.6 Å². The lowest BCUT2D eigenvalue weighted by molar-refractivity contribution is -0.125. The van der Waals surface area contributed by atoms with Crippen LogP contribution in [-0.2, 0) is 9.53 Å². The number of nitrogens with one attached hydrogen (secondary N) is 3. The molecule has 0 fully saturated rings. The lowest BCUT2D eigenvalue weighted by Gasteiger charge is -2.27. The average molecular weight is 330 g/mol. The van der Waals surface area contributed by atoms with Gasteiger partial charge in [0.15, 0.2) is 11.6 Å². The van der Waals surface area contributed by atoms with Crippen molar-refractivity contribution in [3.05, 3.63) is 23.9 Å². The van der Waals surface area contributed by atoms with Gasteiger partial charge in [0.2, 0.25) is 0 Å². The van der Waals surface area contributed by atoms with Gasteiger partial charge in [-0.1, -0.05) is 0 Å². The van der Waals surface area contributed by atoms with Crippen molar-refractivity contribution < 1.29 is 23.1 Å². The smallest absolute Gasteiger partial charge is 0.408 e. The molecular weight excluding hydrogens is 310 g/mol. The van der Waals surface area contributed by atoms with E-state index in [1.54, 1.807) is 20.8 Å². The van der Waals surface area contributed by atoms with E-state index in [4.69, 9.17) is 4.74 Å². The van der Waals surface area contributed by atoms with Crippen molar-refractivity contribution in [2.75, 3.05) is 5.43 Å². The molecule has 0 unspecified atom stereocenters. The third-order valence-corrected chi connectivity index (χ3v) is 2.48. The predicted molar refractivity (Wildman–Crippen MR) is 79.4 cm³/mol. The van der Waals surface area contributed by atoms with E-state index in [9.17, 15) is 18.4 Å². The molecule has 0 spiro atoms. The maximum absolute atomic E-state index is 13.4. The number of carbonyl (C=O) groups excluding carboxylic acids is 2. The van der Waals surface area contributed by atoms with Gasteiger partial charge in [0.05, 0.1) is 6.20 Å². The van der Waals surface area contributed by atoms with Crippen molar-refractivity contribution in [3.63, 3.8) is 0 Å². The van der Waals surface area contributed by atoms with Crippen LogP contribution in [0.5, 0.6) is 0 Å². The van der Waals surface area contributed by atoms with E-state index in [2.05, 4.69) is 21.2 Å². The van der Waals surface area contributed by atoms with Gasteiger partial charge in [0.1, 0.15) is 17.0 Å². The number of alkyl carbamates (subject to hydrolysis) is 1. The number of pyridine rings is 1. The minimum atomic E-state index is -1.34. The Kier molecular flexibility index (Phi) is 5.46. The molecule has 128 valence electrons. The van der Waals surface area contributed by atoms with Crippen molar-refractivity contribution in [1.82, 2.24) is 15.7 Å². The van der Waals surface area contributed by atoms with Crippen LogP contribution in [0.3, 0.4) is 0 Å². The van der Waals surface area contributed by atoms with Crippen LogP contribution in [0.1, 0.15) is 34.6 Å². The molecule has 1 rings (SSSR count). The molecule has 0 aliphatic rings. The van der Waals surface area contributed by atoms with E-state index < -0.39 is 34.8 Å². The number of hydrazine groups is 1. The fourth-order valence-corrected chi connectivity index (χ4v) is 1.39. The summed E-state index contributed by atoms with van der Waals surface area (Å²) in [5.74, 6) is -2.84. The largest absolute Gasteiger partial charge is 0.444 e. The summed E-state index contributed by atoms with van der Waals surface area (Å²) in [6.45, 7) is 7.92. The lowest BCUT2D eigenvalue weighted by atomic mass is 10.1. The third-order valence-electron chi connectivity index (χ3n) is 2.48. The van der Waals surface area contributed by atoms with Gasteiger partial charge in [0, 0.05) is 6.07 Å². The molecule has 7 nitrogen and oxygen atoms in total. The monoisotopic (exact) mass is 330 g/mol. The number of halogens is 2. The molecule has 23 heavy (non-hydrogen) atoms. The fraction of sp³-hybridized carbons (Fsp3) is 0.500. The summed E-state index contributed by atoms with van der Waals surface area (Å²) in [4.78, 5) is 27.2. The Morgan fingerprint density at radius 3 is 2.30 bits per heavy atom. The van der Waals surface area contributed by atoms with Crippen molar-refractivity contribution in [2.24, 2.45) is 0 Å². The average Bonchev–Trinajstić information content (AvgIpc) is 2.34. The number of anilines is 1. The van der Waals surface area contributed by atoms with Gasteiger partial charge in [-0.2, -0.15) is 0 Å². The predicted octanol–water partition coefficient (Wildman–Crippen LogP) is 2.11. The first-order chi connectivity index (χ1) is 10.4. The van der Waals surface area contributed by atoms with Gasteiger partial charge in [-0.25, -0.2) is 18.6 Å². The van der Waals surface area contributed by atoms with Gasteiger partial charge in [0.25, 0.3) is 5.91 Å². The summed E-state index contributed by atoms with van der Waals surface area (Å²) in [6.07, 6.45) is 0.0190. The maximum atomic E-state index is 13.4. The van der Waals surface area contributed by atoms with Crippen LogP contribution in [0.2, 0.25) is 0 Å². The first kappa shape index (κ1) is 18.6. The van der Waals surface area contributed by atoms with E-state index in [0.717, 1.165) is 6.20 Å². The Morgan fingerprint density at radius 2 is 1.78 bits per heavy atom. The number of ether oxygens (including phenoxy) is 1. The topological polar surface area (TPSA) is 92.3 Å². The van der Waals surface area contributed by atoms with Crippen molar-refractivity contribution in [1.29, 1.82) is 0 Å². The minimum Gasteiger partial charge on any atom is -0.444 e. The van der Waals surface area contributed by atoms with Crippen molar-refractivity contribution in [3.8, 4) is 0 Å². The highest BCUT2D eigenvalue weighted by Gasteiger charge is 2.31. The zero-order chi connectivity index (χ0) is 17.8. The molecule has 0 saturated carbocycles. The van der Waals surface area contributed by atoms with Crippen LogP contribution in [0, 0.1) is 11.6 Å². The second kappa shape index (κ2) is 6.76. The summed E-state index contributed by atoms with van der Waals surface area (Å²) in [6, 6.07) is 0.617. The molecule has 9 heteroatoms. The van der Waals surface area contributed by atoms with Crippen LogP contribution in [0.4, 0.5) is 19.4 Å². The Balaban J connectivity index is 2.63. The van der Waals surface area contributed by atoms with Crippen LogP contribution in [0.25, 0.3) is 0 Å². The van der Waals surface area contributed by atoms with Gasteiger partial charge >= 0.3 is 6.09 Å². The molecular formula is C14H20F2N4O3. The van der Waals surface area contributed by atoms with Crippen LogP contribution < -0.4 is 16.2 Å². The van der Waals surface area contributed by atoms with Crippen molar-refractivity contribution >= 4 is 17.8 Å². The second-order valence-electron chi connectivity index (χ2n) is 6.31. The standard InChI is InChI=1S/C14H20F2N4O3/c1-13(2,3)23-12(22)18-14(4,5)11(21)20-19-10-9(16)6-8(15)7-17-10/h6-7H,1-5H3,(H,17,19)(H,18,22)(H,20,21). The highest BCUT2D eigenvalue weighted by molar-refractivity contribution is 5.89. The molecule has 0 aromatic carbocycles. The van der Waals surface area contributed by atoms with Gasteiger partial charge in [-0.15, -0.1) is 0 Å². The Morgan fingerprint density at radius 1 is 1.17 bits per heavy atom. The van der Waals surface area contributed by atoms with E-state index >= 15 is 0 Å². The summed E-state index contributed by atoms with van der Waals surface area (Å²) >= 11 is 0. The summed E-state index contributed by atoms with van der Waals surface area (Å²) < 4.78 is 31.2. The SMILES string of the molecule is CC(C)(C)OC(=O)NC(C)(C)C(=O)NNc1ncc(F)cc1F. The van der Waals surface area contributed by atoms with Crippen LogP contribution in [0.15, 0.2) is 12.3 Å². The lowest BCUT2D eigenvalue weighted by Crippen LogP contribution is -2.56. The molecule has 2 amide bonds. The van der Waals surface area contributed by atoms with E-state index in [1.165, 1.54) is 13.8 Å². The van der Waals surface area contributed by atoms with Gasteiger partial charge in [-0.3, -0.25) is 15.6 Å². The number of carbonyl (C=O) groups is 2. The Bertz CT molecular complexity index is 600. The first-order valence-corrected chi connectivity index (χ1v) is 6.79. The molecule has 0 saturated heterocycles. The molecule has 3 N–H and O–H groups in total. The first-order valence-electron chi connectivity index (χ1n) is 6.79. The number of nitrogens with zero attached hydrogens (tertiary/aromatic N) is 1. The molecule has 1 aromatic heterocycles. The number of hydrogen-bond donors (Lipinski definition) is 3. The summed E-state index contributed by atoms with van der Waals surface area (Å²) in [7, 11) is 0. The number of rotatable bonds is 4. The quantitative estimate of drug-likeness (QED) is 0.735. The van der Waals surface area contributed by atoms with Crippen LogP contribution >= 0.6 is 0 Å². The molecule has 0 atom stereocenters. The zero-order valence-electron chi connectivity index (χ0n) is 13.6. The zero-order valence-corrected chi connectivity index (χ0v) is 13.6. The van der Waals surface area contributed by atoms with Crippen LogP contribution in [-0.4, -0.2) is 28.1 Å². The highest BCUT2D eigenvalue weighted by Crippen LogP contribution is 2.12. The van der Waals surface area contributed by atoms with Gasteiger partial charge < -0.3 is 10.1 Å². The van der Waals surface area contributed by atoms with E-state index in [0.29, 0.717) is 6.07 Å². The minimum absolute atomic E-state index is 0.354. The molecule has 0 aliphatic carbocycles. The highest BCUT2D eigenvalue weighted by atomic mass is 19.1. The number of amides is 2. The Hall–Kier alpha value is -2.45. The maximum Gasteiger partial charge on any atom is 0.408 e. The second-order valence-corrected chi connectivity index (χ2v) is 6.31.